The van der Waals surface area contributed by atoms with Gasteiger partial charge in [0.15, 0.2) is 5.78 Å². The lowest BCUT2D eigenvalue weighted by molar-refractivity contribution is -0.167. The molecule has 4 fully saturated rings. The molecule has 1 unspecified atom stereocenters. The number of thioether (sulfide) groups is 1. The van der Waals surface area contributed by atoms with Crippen LogP contribution in [0.2, 0.25) is 0 Å². The molecule has 160 valence electrons. The highest BCUT2D eigenvalue weighted by molar-refractivity contribution is 8.00. The predicted octanol–water partition coefficient (Wildman–Crippen LogP) is 4.64. The van der Waals surface area contributed by atoms with Gasteiger partial charge in [0.2, 0.25) is 0 Å². The summed E-state index contributed by atoms with van der Waals surface area (Å²) in [4.78, 5) is 24.3. The Morgan fingerprint density at radius 3 is 2.55 bits per heavy atom. The number of hydrogen-bond donors (Lipinski definition) is 1. The zero-order valence-corrected chi connectivity index (χ0v) is 18.7. The van der Waals surface area contributed by atoms with E-state index in [4.69, 9.17) is 4.74 Å². The summed E-state index contributed by atoms with van der Waals surface area (Å²) in [6.45, 7) is 6.65. The zero-order chi connectivity index (χ0) is 20.6. The molecule has 5 heteroatoms. The standard InChI is InChI=1S/C24H34O4S/c1-14(25)29-19-13-15-12-16(26)4-8-22(15,2)17-5-9-23(3)18(21(17)19)6-10-24(23)11-7-20(27)28-24/h12,14,17-19,21,25H,4-11,13H2,1-3H3/t14?,17-,18-,19+,21+,22-,23-,24+/m0/s1. The predicted molar refractivity (Wildman–Crippen MR) is 113 cm³/mol. The van der Waals surface area contributed by atoms with Crippen LogP contribution in [0.25, 0.3) is 0 Å². The molecule has 0 amide bonds. The van der Waals surface area contributed by atoms with Crippen molar-refractivity contribution in [3.63, 3.8) is 0 Å². The van der Waals surface area contributed by atoms with Gasteiger partial charge >= 0.3 is 5.97 Å². The lowest BCUT2D eigenvalue weighted by Crippen LogP contribution is -2.57. The first kappa shape index (κ1) is 20.1. The van der Waals surface area contributed by atoms with E-state index in [-0.39, 0.29) is 28.2 Å². The molecule has 29 heavy (non-hydrogen) atoms. The van der Waals surface area contributed by atoms with Gasteiger partial charge in [0.1, 0.15) is 5.60 Å². The lowest BCUT2D eigenvalue weighted by Gasteiger charge is -2.61. The Hall–Kier alpha value is -0.810. The van der Waals surface area contributed by atoms with Gasteiger partial charge in [0.05, 0.1) is 5.44 Å². The molecule has 0 radical (unpaired) electrons. The molecule has 1 spiro atoms. The first-order valence-corrected chi connectivity index (χ1v) is 12.4. The maximum absolute atomic E-state index is 12.2. The molecule has 3 saturated carbocycles. The number of esters is 1. The Morgan fingerprint density at radius 2 is 1.86 bits per heavy atom. The smallest absolute Gasteiger partial charge is 0.306 e. The minimum Gasteiger partial charge on any atom is -0.458 e. The van der Waals surface area contributed by atoms with Crippen molar-refractivity contribution in [1.29, 1.82) is 0 Å². The van der Waals surface area contributed by atoms with Crippen LogP contribution in [0.5, 0.6) is 0 Å². The number of ether oxygens (including phenoxy) is 1. The van der Waals surface area contributed by atoms with Crippen molar-refractivity contribution in [3.8, 4) is 0 Å². The average molecular weight is 419 g/mol. The normalized spacial score (nSPS) is 49.9. The van der Waals surface area contributed by atoms with Gasteiger partial charge in [-0.1, -0.05) is 19.4 Å². The summed E-state index contributed by atoms with van der Waals surface area (Å²) in [5, 5.41) is 10.6. The van der Waals surface area contributed by atoms with Crippen LogP contribution in [0.15, 0.2) is 11.6 Å². The van der Waals surface area contributed by atoms with Crippen molar-refractivity contribution >= 4 is 23.5 Å². The van der Waals surface area contributed by atoms with Gasteiger partial charge in [-0.3, -0.25) is 9.59 Å². The molecule has 4 nitrogen and oxygen atoms in total. The van der Waals surface area contributed by atoms with Crippen molar-refractivity contribution in [1.82, 2.24) is 0 Å². The van der Waals surface area contributed by atoms with E-state index in [1.165, 1.54) is 5.57 Å². The van der Waals surface area contributed by atoms with Crippen LogP contribution in [0.4, 0.5) is 0 Å². The van der Waals surface area contributed by atoms with Gasteiger partial charge < -0.3 is 9.84 Å². The maximum atomic E-state index is 12.2. The van der Waals surface area contributed by atoms with Gasteiger partial charge in [0, 0.05) is 23.5 Å². The molecular formula is C24H34O4S. The van der Waals surface area contributed by atoms with Crippen LogP contribution >= 0.6 is 11.8 Å². The van der Waals surface area contributed by atoms with Crippen molar-refractivity contribution in [2.75, 3.05) is 0 Å². The van der Waals surface area contributed by atoms with Crippen LogP contribution in [0, 0.1) is 28.6 Å². The molecule has 1 aliphatic heterocycles. The first-order valence-electron chi connectivity index (χ1n) is 11.5. The zero-order valence-electron chi connectivity index (χ0n) is 17.9. The Balaban J connectivity index is 1.55. The van der Waals surface area contributed by atoms with Gasteiger partial charge in [0.25, 0.3) is 0 Å². The Kier molecular flexibility index (Phi) is 4.57. The SMILES string of the molecule is CC(O)S[C@@H]1CC2=CC(=O)CC[C@]2(C)[C@H]2CC[C@@]3(C)[C@@H](CC[C@@]34CCC(=O)O4)[C@H]12. The molecular weight excluding hydrogens is 384 g/mol. The third-order valence-corrected chi connectivity index (χ3v) is 10.9. The van der Waals surface area contributed by atoms with E-state index in [2.05, 4.69) is 13.8 Å². The van der Waals surface area contributed by atoms with E-state index in [1.807, 2.05) is 13.0 Å². The van der Waals surface area contributed by atoms with Gasteiger partial charge in [-0.15, -0.1) is 11.8 Å². The van der Waals surface area contributed by atoms with Crippen molar-refractivity contribution in [2.45, 2.75) is 94.8 Å². The summed E-state index contributed by atoms with van der Waals surface area (Å²) in [5.41, 5.74) is 0.811. The molecule has 5 rings (SSSR count). The van der Waals surface area contributed by atoms with Crippen molar-refractivity contribution in [3.05, 3.63) is 11.6 Å². The molecule has 0 aromatic rings. The summed E-state index contributed by atoms with van der Waals surface area (Å²) in [5.74, 6) is 1.85. The molecule has 1 N–H and O–H groups in total. The largest absolute Gasteiger partial charge is 0.458 e. The number of ketones is 1. The molecule has 1 saturated heterocycles. The Morgan fingerprint density at radius 1 is 1.10 bits per heavy atom. The second-order valence-corrected chi connectivity index (χ2v) is 12.3. The topological polar surface area (TPSA) is 63.6 Å². The maximum Gasteiger partial charge on any atom is 0.306 e. The van der Waals surface area contributed by atoms with E-state index in [0.717, 1.165) is 44.9 Å². The second kappa shape index (κ2) is 6.59. The Bertz CT molecular complexity index is 775. The van der Waals surface area contributed by atoms with Crippen LogP contribution in [-0.2, 0) is 14.3 Å². The number of fused-ring (bicyclic) bond motifs is 6. The van der Waals surface area contributed by atoms with E-state index in [0.29, 0.717) is 35.8 Å². The number of hydrogen-bond acceptors (Lipinski definition) is 5. The summed E-state index contributed by atoms with van der Waals surface area (Å²) >= 11 is 1.69. The fourth-order valence-corrected chi connectivity index (χ4v) is 9.53. The molecule has 8 atom stereocenters. The first-order chi connectivity index (χ1) is 13.7. The highest BCUT2D eigenvalue weighted by Crippen LogP contribution is 2.70. The van der Waals surface area contributed by atoms with Crippen LogP contribution in [-0.4, -0.2) is 33.1 Å². The summed E-state index contributed by atoms with van der Waals surface area (Å²) in [6, 6.07) is 0. The third-order valence-electron chi connectivity index (χ3n) is 9.66. The fourth-order valence-electron chi connectivity index (χ4n) is 8.19. The van der Waals surface area contributed by atoms with Crippen LogP contribution in [0.1, 0.15) is 78.6 Å². The lowest BCUT2D eigenvalue weighted by atomic mass is 9.46. The van der Waals surface area contributed by atoms with Gasteiger partial charge in [-0.05, 0) is 81.1 Å². The highest BCUT2D eigenvalue weighted by Gasteiger charge is 2.68. The number of allylic oxidation sites excluding steroid dienone is 1. The highest BCUT2D eigenvalue weighted by atomic mass is 32.2. The minimum atomic E-state index is -0.405. The van der Waals surface area contributed by atoms with Gasteiger partial charge in [-0.25, -0.2) is 0 Å². The minimum absolute atomic E-state index is 0.0180. The third kappa shape index (κ3) is 2.75. The summed E-state index contributed by atoms with van der Waals surface area (Å²) in [6.07, 6.45) is 10.3. The quantitative estimate of drug-likeness (QED) is 0.523. The second-order valence-electron chi connectivity index (χ2n) is 10.8. The van der Waals surface area contributed by atoms with Crippen LogP contribution in [0.3, 0.4) is 0 Å². The average Bonchev–Trinajstić information content (AvgIpc) is 3.17. The molecule has 5 aliphatic rings. The monoisotopic (exact) mass is 418 g/mol. The molecule has 0 aromatic carbocycles. The number of aliphatic hydroxyl groups is 1. The van der Waals surface area contributed by atoms with Crippen molar-refractivity contribution in [2.24, 2.45) is 28.6 Å². The summed E-state index contributed by atoms with van der Waals surface area (Å²) < 4.78 is 6.07. The molecule has 4 aliphatic carbocycles. The van der Waals surface area contributed by atoms with E-state index in [9.17, 15) is 14.7 Å². The number of carbonyl (C=O) groups excluding carboxylic acids is 2. The van der Waals surface area contributed by atoms with E-state index < -0.39 is 5.44 Å². The van der Waals surface area contributed by atoms with E-state index in [1.54, 1.807) is 11.8 Å². The van der Waals surface area contributed by atoms with Crippen molar-refractivity contribution < 1.29 is 19.4 Å². The van der Waals surface area contributed by atoms with Gasteiger partial charge in [-0.2, -0.15) is 0 Å². The molecule has 1 heterocycles. The Labute approximate surface area is 178 Å². The number of aliphatic hydroxyl groups excluding tert-OH is 1. The molecule has 0 bridgehead atoms. The number of rotatable bonds is 2. The van der Waals surface area contributed by atoms with E-state index >= 15 is 0 Å². The summed E-state index contributed by atoms with van der Waals surface area (Å²) in [7, 11) is 0. The number of carbonyl (C=O) groups is 2. The fraction of sp³-hybridized carbons (Fsp3) is 0.833. The van der Waals surface area contributed by atoms with Crippen LogP contribution < -0.4 is 0 Å². The molecule has 0 aromatic heterocycles.